The Bertz CT molecular complexity index is 386. The van der Waals surface area contributed by atoms with E-state index in [1.807, 2.05) is 30.3 Å². The van der Waals surface area contributed by atoms with Crippen LogP contribution in [0.4, 0.5) is 5.69 Å². The Labute approximate surface area is 82.0 Å². The van der Waals surface area contributed by atoms with Gasteiger partial charge in [-0.3, -0.25) is 4.79 Å². The zero-order valence-corrected chi connectivity index (χ0v) is 7.84. The number of anilines is 1. The predicted molar refractivity (Wildman–Crippen MR) is 55.0 cm³/mol. The monoisotopic (exact) mass is 189 g/mol. The van der Waals surface area contributed by atoms with Crippen LogP contribution in [0.3, 0.4) is 0 Å². The molecular weight excluding hydrogens is 178 g/mol. The highest BCUT2D eigenvalue weighted by molar-refractivity contribution is 6.43. The van der Waals surface area contributed by atoms with Gasteiger partial charge in [0, 0.05) is 0 Å². The first-order valence-corrected chi connectivity index (χ1v) is 4.39. The SMILES string of the molecule is CC1=NN(c2ccccc2)C(N)C1=O. The number of nitrogens with zero attached hydrogens (tertiary/aromatic N) is 2. The van der Waals surface area contributed by atoms with E-state index in [4.69, 9.17) is 5.73 Å². The molecule has 1 heterocycles. The predicted octanol–water partition coefficient (Wildman–Crippen LogP) is 0.736. The van der Waals surface area contributed by atoms with Gasteiger partial charge in [0.15, 0.2) is 6.17 Å². The summed E-state index contributed by atoms with van der Waals surface area (Å²) < 4.78 is 0. The van der Waals surface area contributed by atoms with Crippen molar-refractivity contribution in [3.05, 3.63) is 30.3 Å². The number of ketones is 1. The maximum Gasteiger partial charge on any atom is 0.217 e. The van der Waals surface area contributed by atoms with Gasteiger partial charge < -0.3 is 5.73 Å². The molecule has 14 heavy (non-hydrogen) atoms. The van der Waals surface area contributed by atoms with Crippen molar-refractivity contribution in [1.29, 1.82) is 0 Å². The van der Waals surface area contributed by atoms with Gasteiger partial charge >= 0.3 is 0 Å². The van der Waals surface area contributed by atoms with Crippen LogP contribution in [0.1, 0.15) is 6.92 Å². The van der Waals surface area contributed by atoms with Crippen LogP contribution in [-0.2, 0) is 4.79 Å². The largest absolute Gasteiger partial charge is 0.303 e. The van der Waals surface area contributed by atoms with Gasteiger partial charge in [-0.1, -0.05) is 18.2 Å². The summed E-state index contributed by atoms with van der Waals surface area (Å²) in [5.41, 5.74) is 7.00. The molecule has 0 radical (unpaired) electrons. The van der Waals surface area contributed by atoms with Crippen LogP contribution in [0.2, 0.25) is 0 Å². The minimum atomic E-state index is -0.669. The third-order valence-corrected chi connectivity index (χ3v) is 2.17. The molecule has 1 aliphatic rings. The van der Waals surface area contributed by atoms with Gasteiger partial charge in [0.25, 0.3) is 0 Å². The first-order valence-electron chi connectivity index (χ1n) is 4.39. The van der Waals surface area contributed by atoms with Crippen LogP contribution in [0.25, 0.3) is 0 Å². The standard InChI is InChI=1S/C10H11N3O/c1-7-9(14)10(11)13(12-7)8-5-3-2-4-6-8/h2-6,10H,11H2,1H3. The summed E-state index contributed by atoms with van der Waals surface area (Å²) in [6, 6.07) is 9.42. The Morgan fingerprint density at radius 2 is 2.00 bits per heavy atom. The van der Waals surface area contributed by atoms with E-state index < -0.39 is 6.17 Å². The number of nitrogens with two attached hydrogens (primary N) is 1. The van der Waals surface area contributed by atoms with Gasteiger partial charge in [0.2, 0.25) is 5.78 Å². The molecule has 0 saturated heterocycles. The van der Waals surface area contributed by atoms with E-state index in [1.165, 1.54) is 5.01 Å². The third kappa shape index (κ3) is 1.29. The van der Waals surface area contributed by atoms with Crippen molar-refractivity contribution in [3.63, 3.8) is 0 Å². The molecule has 2 N–H and O–H groups in total. The number of Topliss-reactive ketones (excluding diaryl/α,β-unsaturated/α-hetero) is 1. The molecule has 1 atom stereocenters. The second kappa shape index (κ2) is 3.23. The quantitative estimate of drug-likeness (QED) is 0.708. The zero-order chi connectivity index (χ0) is 10.1. The average molecular weight is 189 g/mol. The highest BCUT2D eigenvalue weighted by Gasteiger charge is 2.30. The van der Waals surface area contributed by atoms with E-state index >= 15 is 0 Å². The van der Waals surface area contributed by atoms with E-state index in [1.54, 1.807) is 6.92 Å². The van der Waals surface area contributed by atoms with Crippen molar-refractivity contribution >= 4 is 17.2 Å². The van der Waals surface area contributed by atoms with Gasteiger partial charge in [-0.25, -0.2) is 5.01 Å². The Morgan fingerprint density at radius 3 is 2.50 bits per heavy atom. The number of para-hydroxylation sites is 1. The molecule has 72 valence electrons. The molecule has 4 nitrogen and oxygen atoms in total. The molecule has 0 aliphatic carbocycles. The lowest BCUT2D eigenvalue weighted by Crippen LogP contribution is -2.41. The van der Waals surface area contributed by atoms with E-state index in [0.717, 1.165) is 5.69 Å². The van der Waals surface area contributed by atoms with Crippen LogP contribution in [-0.4, -0.2) is 17.7 Å². The fourth-order valence-corrected chi connectivity index (χ4v) is 1.40. The van der Waals surface area contributed by atoms with Gasteiger partial charge in [0.05, 0.1) is 5.69 Å². The van der Waals surface area contributed by atoms with Crippen LogP contribution >= 0.6 is 0 Å². The second-order valence-electron chi connectivity index (χ2n) is 3.17. The van der Waals surface area contributed by atoms with Crippen molar-refractivity contribution in [2.24, 2.45) is 10.8 Å². The van der Waals surface area contributed by atoms with Gasteiger partial charge in [-0.15, -0.1) is 0 Å². The summed E-state index contributed by atoms with van der Waals surface area (Å²) in [5.74, 6) is -0.117. The Balaban J connectivity index is 2.34. The number of hydrogen-bond donors (Lipinski definition) is 1. The van der Waals surface area contributed by atoms with Gasteiger partial charge in [-0.2, -0.15) is 5.10 Å². The Morgan fingerprint density at radius 1 is 1.36 bits per heavy atom. The highest BCUT2D eigenvalue weighted by atomic mass is 16.1. The first-order chi connectivity index (χ1) is 6.70. The molecule has 0 aromatic heterocycles. The van der Waals surface area contributed by atoms with E-state index in [0.29, 0.717) is 5.71 Å². The maximum absolute atomic E-state index is 11.4. The number of hydrogen-bond acceptors (Lipinski definition) is 4. The van der Waals surface area contributed by atoms with Crippen LogP contribution in [0.15, 0.2) is 35.4 Å². The molecule has 1 aromatic rings. The van der Waals surface area contributed by atoms with Crippen LogP contribution in [0.5, 0.6) is 0 Å². The highest BCUT2D eigenvalue weighted by Crippen LogP contribution is 2.19. The summed E-state index contributed by atoms with van der Waals surface area (Å²) >= 11 is 0. The van der Waals surface area contributed by atoms with Crippen LogP contribution < -0.4 is 10.7 Å². The molecule has 1 unspecified atom stereocenters. The summed E-state index contributed by atoms with van der Waals surface area (Å²) in [4.78, 5) is 11.4. The smallest absolute Gasteiger partial charge is 0.217 e. The topological polar surface area (TPSA) is 58.7 Å². The zero-order valence-electron chi connectivity index (χ0n) is 7.84. The second-order valence-corrected chi connectivity index (χ2v) is 3.17. The minimum absolute atomic E-state index is 0.117. The van der Waals surface area contributed by atoms with Crippen molar-refractivity contribution in [2.75, 3.05) is 5.01 Å². The number of rotatable bonds is 1. The molecular formula is C10H11N3O. The van der Waals surface area contributed by atoms with Crippen molar-refractivity contribution in [3.8, 4) is 0 Å². The lowest BCUT2D eigenvalue weighted by atomic mass is 10.2. The number of carbonyl (C=O) groups is 1. The maximum atomic E-state index is 11.4. The van der Waals surface area contributed by atoms with E-state index in [-0.39, 0.29) is 5.78 Å². The summed E-state index contributed by atoms with van der Waals surface area (Å²) in [7, 11) is 0. The van der Waals surface area contributed by atoms with Crippen LogP contribution in [0, 0.1) is 0 Å². The molecule has 0 amide bonds. The Kier molecular flexibility index (Phi) is 2.05. The number of hydrazone groups is 1. The fraction of sp³-hybridized carbons (Fsp3) is 0.200. The lowest BCUT2D eigenvalue weighted by molar-refractivity contribution is -0.113. The molecule has 0 saturated carbocycles. The molecule has 0 fully saturated rings. The van der Waals surface area contributed by atoms with E-state index in [9.17, 15) is 4.79 Å². The Hall–Kier alpha value is -1.68. The average Bonchev–Trinajstić information content (AvgIpc) is 2.47. The number of carbonyl (C=O) groups excluding carboxylic acids is 1. The van der Waals surface area contributed by atoms with Crippen molar-refractivity contribution < 1.29 is 4.79 Å². The lowest BCUT2D eigenvalue weighted by Gasteiger charge is -2.18. The van der Waals surface area contributed by atoms with Gasteiger partial charge in [-0.05, 0) is 19.1 Å². The fourth-order valence-electron chi connectivity index (χ4n) is 1.40. The molecule has 0 spiro atoms. The minimum Gasteiger partial charge on any atom is -0.303 e. The van der Waals surface area contributed by atoms with Crippen molar-refractivity contribution in [2.45, 2.75) is 13.1 Å². The van der Waals surface area contributed by atoms with Gasteiger partial charge in [0.1, 0.15) is 5.71 Å². The summed E-state index contributed by atoms with van der Waals surface area (Å²) in [6.07, 6.45) is -0.669. The van der Waals surface area contributed by atoms with E-state index in [2.05, 4.69) is 5.10 Å². The molecule has 1 aliphatic heterocycles. The normalized spacial score (nSPS) is 21.3. The molecule has 1 aromatic carbocycles. The third-order valence-electron chi connectivity index (χ3n) is 2.17. The van der Waals surface area contributed by atoms with Crippen molar-refractivity contribution in [1.82, 2.24) is 0 Å². The molecule has 2 rings (SSSR count). The first kappa shape index (κ1) is 8.90. The molecule has 0 bridgehead atoms. The summed E-state index contributed by atoms with van der Waals surface area (Å²) in [5, 5.41) is 5.64. The number of benzene rings is 1. The molecule has 4 heteroatoms. The summed E-state index contributed by atoms with van der Waals surface area (Å²) in [6.45, 7) is 1.67.